The summed E-state index contributed by atoms with van der Waals surface area (Å²) < 4.78 is 0. The lowest BCUT2D eigenvalue weighted by atomic mass is 9.89. The molecular weight excluding hydrogens is 385 g/mol. The molecule has 0 saturated heterocycles. The van der Waals surface area contributed by atoms with Gasteiger partial charge in [0.2, 0.25) is 5.91 Å². The maximum absolute atomic E-state index is 12.3. The fourth-order valence-corrected chi connectivity index (χ4v) is 4.68. The van der Waals surface area contributed by atoms with Crippen LogP contribution in [0.3, 0.4) is 0 Å². The minimum absolute atomic E-state index is 0.0226. The first-order chi connectivity index (χ1) is 12.5. The molecule has 5 heteroatoms. The molecule has 0 aliphatic heterocycles. The first-order valence-electron chi connectivity index (χ1n) is 8.95. The Morgan fingerprint density at radius 3 is 2.65 bits per heavy atom. The Morgan fingerprint density at radius 1 is 1.12 bits per heavy atom. The molecule has 138 valence electrons. The van der Waals surface area contributed by atoms with Crippen LogP contribution in [-0.2, 0) is 23.4 Å². The van der Waals surface area contributed by atoms with Gasteiger partial charge in [-0.1, -0.05) is 47.5 Å². The third kappa shape index (κ3) is 5.18. The first-order valence-corrected chi connectivity index (χ1v) is 10.9. The summed E-state index contributed by atoms with van der Waals surface area (Å²) in [6.45, 7) is 2.04. The fourth-order valence-electron chi connectivity index (χ4n) is 3.28. The van der Waals surface area contributed by atoms with Crippen LogP contribution in [0, 0.1) is 0 Å². The van der Waals surface area contributed by atoms with Gasteiger partial charge in [0.05, 0.1) is 11.8 Å². The number of halogens is 2. The summed E-state index contributed by atoms with van der Waals surface area (Å²) in [4.78, 5) is 12.3. The predicted octanol–water partition coefficient (Wildman–Crippen LogP) is 5.98. The third-order valence-corrected chi connectivity index (χ3v) is 6.32. The lowest BCUT2D eigenvalue weighted by molar-refractivity contribution is -0.119. The molecule has 2 nitrogen and oxygen atoms in total. The third-order valence-electron chi connectivity index (χ3n) is 4.76. The summed E-state index contributed by atoms with van der Waals surface area (Å²) in [5.41, 5.74) is 5.09. The second-order valence-electron chi connectivity index (χ2n) is 6.75. The van der Waals surface area contributed by atoms with E-state index in [1.165, 1.54) is 36.0 Å². The minimum atomic E-state index is 0.0226. The maximum atomic E-state index is 12.3. The van der Waals surface area contributed by atoms with Crippen LogP contribution >= 0.6 is 35.0 Å². The van der Waals surface area contributed by atoms with Gasteiger partial charge in [-0.2, -0.15) is 0 Å². The first kappa shape index (κ1) is 19.6. The summed E-state index contributed by atoms with van der Waals surface area (Å²) in [6, 6.07) is 12.1. The van der Waals surface area contributed by atoms with E-state index < -0.39 is 0 Å². The molecule has 3 rings (SSSR count). The normalized spacial score (nSPS) is 14.6. The smallest absolute Gasteiger partial charge is 0.230 e. The SMILES string of the molecule is C[C@H](NC(=O)CSCc1ccc(Cl)cc1Cl)c1ccc2c(c1)CCCC2. The second-order valence-corrected chi connectivity index (χ2v) is 8.58. The Kier molecular flexibility index (Phi) is 6.91. The van der Waals surface area contributed by atoms with Gasteiger partial charge < -0.3 is 5.32 Å². The zero-order valence-corrected chi connectivity index (χ0v) is 17.2. The molecule has 0 saturated carbocycles. The highest BCUT2D eigenvalue weighted by Crippen LogP contribution is 2.26. The van der Waals surface area contributed by atoms with E-state index >= 15 is 0 Å². The number of thioether (sulfide) groups is 1. The number of carbonyl (C=O) groups excluding carboxylic acids is 1. The molecule has 0 spiro atoms. The summed E-state index contributed by atoms with van der Waals surface area (Å²) in [6.07, 6.45) is 4.89. The van der Waals surface area contributed by atoms with Crippen molar-refractivity contribution in [3.63, 3.8) is 0 Å². The zero-order chi connectivity index (χ0) is 18.5. The van der Waals surface area contributed by atoms with Crippen LogP contribution in [-0.4, -0.2) is 11.7 Å². The molecule has 1 amide bonds. The number of rotatable bonds is 6. The van der Waals surface area contributed by atoms with Gasteiger partial charge in [-0.25, -0.2) is 0 Å². The lowest BCUT2D eigenvalue weighted by Gasteiger charge is -2.20. The van der Waals surface area contributed by atoms with Crippen LogP contribution in [0.15, 0.2) is 36.4 Å². The number of carbonyl (C=O) groups is 1. The highest BCUT2D eigenvalue weighted by atomic mass is 35.5. The molecule has 0 heterocycles. The Labute approximate surface area is 169 Å². The Hall–Kier alpha value is -1.16. The van der Waals surface area contributed by atoms with Gasteiger partial charge in [-0.15, -0.1) is 11.8 Å². The molecule has 1 aliphatic carbocycles. The Morgan fingerprint density at radius 2 is 1.88 bits per heavy atom. The molecule has 1 N–H and O–H groups in total. The van der Waals surface area contributed by atoms with Gasteiger partial charge in [0.25, 0.3) is 0 Å². The van der Waals surface area contributed by atoms with E-state index in [4.69, 9.17) is 23.2 Å². The molecule has 1 atom stereocenters. The van der Waals surface area contributed by atoms with Gasteiger partial charge in [-0.3, -0.25) is 4.79 Å². The molecule has 0 radical (unpaired) electrons. The second kappa shape index (κ2) is 9.16. The van der Waals surface area contributed by atoms with E-state index in [0.717, 1.165) is 12.0 Å². The van der Waals surface area contributed by atoms with Crippen molar-refractivity contribution in [3.05, 3.63) is 68.7 Å². The van der Waals surface area contributed by atoms with Crippen LogP contribution in [0.5, 0.6) is 0 Å². The quantitative estimate of drug-likeness (QED) is 0.637. The van der Waals surface area contributed by atoms with Gasteiger partial charge in [0.1, 0.15) is 0 Å². The fraction of sp³-hybridized carbons (Fsp3) is 0.381. The average molecular weight is 408 g/mol. The summed E-state index contributed by atoms with van der Waals surface area (Å²) >= 11 is 13.6. The number of nitrogens with one attached hydrogen (secondary N) is 1. The van der Waals surface area contributed by atoms with Crippen molar-refractivity contribution in [3.8, 4) is 0 Å². The van der Waals surface area contributed by atoms with Crippen molar-refractivity contribution >= 4 is 40.9 Å². The van der Waals surface area contributed by atoms with Crippen molar-refractivity contribution in [1.82, 2.24) is 5.32 Å². The van der Waals surface area contributed by atoms with Crippen LogP contribution in [0.25, 0.3) is 0 Å². The molecule has 0 fully saturated rings. The van der Waals surface area contributed by atoms with E-state index in [2.05, 4.69) is 23.5 Å². The van der Waals surface area contributed by atoms with E-state index in [0.29, 0.717) is 21.6 Å². The summed E-state index contributed by atoms with van der Waals surface area (Å²) in [5, 5.41) is 4.37. The number of aryl methyl sites for hydroxylation is 2. The van der Waals surface area contributed by atoms with Crippen molar-refractivity contribution in [2.75, 3.05) is 5.75 Å². The van der Waals surface area contributed by atoms with Crippen molar-refractivity contribution in [1.29, 1.82) is 0 Å². The number of hydrogen-bond donors (Lipinski definition) is 1. The monoisotopic (exact) mass is 407 g/mol. The van der Waals surface area contributed by atoms with Gasteiger partial charge in [0.15, 0.2) is 0 Å². The van der Waals surface area contributed by atoms with Crippen molar-refractivity contribution < 1.29 is 4.79 Å². The number of fused-ring (bicyclic) bond motifs is 1. The van der Waals surface area contributed by atoms with Crippen LogP contribution in [0.1, 0.15) is 48.1 Å². The molecule has 1 aliphatic rings. The molecular formula is C21H23Cl2NOS. The summed E-state index contributed by atoms with van der Waals surface area (Å²) in [5.74, 6) is 1.15. The topological polar surface area (TPSA) is 29.1 Å². The molecule has 26 heavy (non-hydrogen) atoms. The van der Waals surface area contributed by atoms with E-state index in [-0.39, 0.29) is 11.9 Å². The lowest BCUT2D eigenvalue weighted by Crippen LogP contribution is -2.28. The van der Waals surface area contributed by atoms with Gasteiger partial charge in [0, 0.05) is 15.8 Å². The number of amides is 1. The minimum Gasteiger partial charge on any atom is -0.349 e. The molecule has 2 aromatic carbocycles. The van der Waals surface area contributed by atoms with Crippen molar-refractivity contribution in [2.45, 2.75) is 44.4 Å². The number of benzene rings is 2. The van der Waals surface area contributed by atoms with Crippen molar-refractivity contribution in [2.24, 2.45) is 0 Å². The largest absolute Gasteiger partial charge is 0.349 e. The van der Waals surface area contributed by atoms with E-state index in [1.54, 1.807) is 17.8 Å². The van der Waals surface area contributed by atoms with Gasteiger partial charge in [-0.05, 0) is 67.0 Å². The molecule has 0 bridgehead atoms. The van der Waals surface area contributed by atoms with E-state index in [1.807, 2.05) is 19.1 Å². The molecule has 2 aromatic rings. The maximum Gasteiger partial charge on any atom is 0.230 e. The average Bonchev–Trinajstić information content (AvgIpc) is 2.63. The molecule has 0 unspecified atom stereocenters. The van der Waals surface area contributed by atoms with Crippen LogP contribution < -0.4 is 5.32 Å². The molecule has 0 aromatic heterocycles. The summed E-state index contributed by atoms with van der Waals surface area (Å²) in [7, 11) is 0. The standard InChI is InChI=1S/C21H23Cl2NOS/c1-14(16-7-6-15-4-2-3-5-17(15)10-16)24-21(25)13-26-12-18-8-9-19(22)11-20(18)23/h6-11,14H,2-5,12-13H2,1H3,(H,24,25)/t14-/m0/s1. The number of hydrogen-bond acceptors (Lipinski definition) is 2. The highest BCUT2D eigenvalue weighted by molar-refractivity contribution is 7.99. The van der Waals surface area contributed by atoms with E-state index in [9.17, 15) is 4.79 Å². The highest BCUT2D eigenvalue weighted by Gasteiger charge is 2.14. The zero-order valence-electron chi connectivity index (χ0n) is 14.9. The predicted molar refractivity (Wildman–Crippen MR) is 112 cm³/mol. The van der Waals surface area contributed by atoms with Crippen LogP contribution in [0.4, 0.5) is 0 Å². The van der Waals surface area contributed by atoms with Gasteiger partial charge >= 0.3 is 0 Å². The Balaban J connectivity index is 1.49. The Bertz CT molecular complexity index is 794. The van der Waals surface area contributed by atoms with Crippen LogP contribution in [0.2, 0.25) is 10.0 Å².